The van der Waals surface area contributed by atoms with Crippen LogP contribution in [0.1, 0.15) is 24.3 Å². The van der Waals surface area contributed by atoms with E-state index in [0.29, 0.717) is 11.1 Å². The second-order valence-electron chi connectivity index (χ2n) is 5.66. The number of hydrogen-bond acceptors (Lipinski definition) is 5. The number of nitrogens with zero attached hydrogens (tertiary/aromatic N) is 2. The molecule has 10 heteroatoms. The maximum atomic E-state index is 12.4. The molecular weight excluding hydrogens is 347 g/mol. The Labute approximate surface area is 136 Å². The molecule has 2 aromatic rings. The lowest BCUT2D eigenvalue weighted by Gasteiger charge is -2.06. The van der Waals surface area contributed by atoms with Crippen molar-refractivity contribution in [2.75, 3.05) is 5.75 Å². The molecule has 0 atom stereocenters. The van der Waals surface area contributed by atoms with Crippen LogP contribution >= 0.6 is 0 Å². The zero-order valence-corrected chi connectivity index (χ0v) is 13.2. The topological polar surface area (TPSA) is 85.1 Å². The van der Waals surface area contributed by atoms with E-state index in [9.17, 15) is 21.6 Å². The van der Waals surface area contributed by atoms with Crippen molar-refractivity contribution < 1.29 is 26.1 Å². The van der Waals surface area contributed by atoms with E-state index in [1.165, 1.54) is 12.1 Å². The number of rotatable bonds is 6. The fraction of sp³-hybridized carbons (Fsp3) is 0.429. The monoisotopic (exact) mass is 361 g/mol. The Morgan fingerprint density at radius 3 is 2.42 bits per heavy atom. The van der Waals surface area contributed by atoms with Crippen molar-refractivity contribution in [2.45, 2.75) is 25.6 Å². The molecule has 1 heterocycles. The third-order valence-corrected chi connectivity index (χ3v) is 5.02. The highest BCUT2D eigenvalue weighted by atomic mass is 32.2. The molecule has 0 saturated heterocycles. The molecule has 1 aliphatic rings. The average molecular weight is 361 g/mol. The van der Waals surface area contributed by atoms with E-state index >= 15 is 0 Å². The van der Waals surface area contributed by atoms with Crippen LogP contribution in [-0.2, 0) is 22.7 Å². The first-order chi connectivity index (χ1) is 11.2. The van der Waals surface area contributed by atoms with Crippen LogP contribution in [0.25, 0.3) is 11.4 Å². The van der Waals surface area contributed by atoms with Gasteiger partial charge in [-0.1, -0.05) is 29.4 Å². The number of nitrogens with one attached hydrogen (secondary N) is 1. The summed E-state index contributed by atoms with van der Waals surface area (Å²) in [5.74, 6) is -1.20. The van der Waals surface area contributed by atoms with Crippen LogP contribution in [0, 0.1) is 5.92 Å². The van der Waals surface area contributed by atoms with E-state index < -0.39 is 22.1 Å². The molecule has 6 nitrogen and oxygen atoms in total. The highest BCUT2D eigenvalue weighted by Gasteiger charge is 2.38. The zero-order chi connectivity index (χ0) is 17.4. The van der Waals surface area contributed by atoms with Crippen LogP contribution in [0.15, 0.2) is 28.8 Å². The molecule has 0 unspecified atom stereocenters. The van der Waals surface area contributed by atoms with E-state index in [-0.39, 0.29) is 24.0 Å². The van der Waals surface area contributed by atoms with Crippen molar-refractivity contribution in [3.05, 3.63) is 35.7 Å². The molecule has 1 fully saturated rings. The van der Waals surface area contributed by atoms with Crippen LogP contribution in [0.4, 0.5) is 13.2 Å². The van der Waals surface area contributed by atoms with Gasteiger partial charge in [-0.3, -0.25) is 0 Å². The van der Waals surface area contributed by atoms with Gasteiger partial charge in [0.25, 0.3) is 0 Å². The van der Waals surface area contributed by atoms with Crippen LogP contribution in [-0.4, -0.2) is 24.3 Å². The summed E-state index contributed by atoms with van der Waals surface area (Å²) in [6.45, 7) is 0.120. The first-order valence-electron chi connectivity index (χ1n) is 7.20. The van der Waals surface area contributed by atoms with Gasteiger partial charge in [0.05, 0.1) is 5.75 Å². The van der Waals surface area contributed by atoms with Gasteiger partial charge < -0.3 is 4.52 Å². The summed E-state index contributed by atoms with van der Waals surface area (Å²) < 4.78 is 67.5. The molecule has 0 bridgehead atoms. The SMILES string of the molecule is O=S(=O)(CC1CC1)NCc1ccc(-c2noc(C(F)(F)F)n2)cc1. The number of aromatic nitrogens is 2. The van der Waals surface area contributed by atoms with E-state index in [1.54, 1.807) is 12.1 Å². The summed E-state index contributed by atoms with van der Waals surface area (Å²) in [5, 5.41) is 3.29. The molecule has 1 aromatic carbocycles. The summed E-state index contributed by atoms with van der Waals surface area (Å²) >= 11 is 0. The second kappa shape index (κ2) is 6.17. The third-order valence-electron chi connectivity index (χ3n) is 3.53. The van der Waals surface area contributed by atoms with Gasteiger partial charge in [0.2, 0.25) is 15.8 Å². The summed E-state index contributed by atoms with van der Waals surface area (Å²) in [6, 6.07) is 6.21. The van der Waals surface area contributed by atoms with Gasteiger partial charge in [-0.05, 0) is 24.3 Å². The quantitative estimate of drug-likeness (QED) is 0.855. The van der Waals surface area contributed by atoms with Gasteiger partial charge in [-0.15, -0.1) is 0 Å². The van der Waals surface area contributed by atoms with Crippen LogP contribution in [0.5, 0.6) is 0 Å². The average Bonchev–Trinajstić information content (AvgIpc) is 3.15. The number of benzene rings is 1. The lowest BCUT2D eigenvalue weighted by molar-refractivity contribution is -0.159. The van der Waals surface area contributed by atoms with Crippen LogP contribution in [0.3, 0.4) is 0 Å². The molecule has 0 aliphatic heterocycles. The van der Waals surface area contributed by atoms with E-state index in [0.717, 1.165) is 12.8 Å². The Hall–Kier alpha value is -1.94. The minimum atomic E-state index is -4.69. The first kappa shape index (κ1) is 16.9. The molecular formula is C14H14F3N3O3S. The fourth-order valence-electron chi connectivity index (χ4n) is 2.07. The molecule has 24 heavy (non-hydrogen) atoms. The first-order valence-corrected chi connectivity index (χ1v) is 8.86. The van der Waals surface area contributed by atoms with E-state index in [4.69, 9.17) is 0 Å². The molecule has 3 rings (SSSR count). The summed E-state index contributed by atoms with van der Waals surface area (Å²) in [4.78, 5) is 3.29. The van der Waals surface area contributed by atoms with Gasteiger partial charge in [0.1, 0.15) is 0 Å². The molecule has 0 spiro atoms. The van der Waals surface area contributed by atoms with Crippen molar-refractivity contribution in [3.63, 3.8) is 0 Å². The van der Waals surface area contributed by atoms with Crippen molar-refractivity contribution in [1.29, 1.82) is 0 Å². The maximum absolute atomic E-state index is 12.4. The minimum Gasteiger partial charge on any atom is -0.329 e. The Morgan fingerprint density at radius 1 is 1.21 bits per heavy atom. The normalized spacial score (nSPS) is 15.6. The molecule has 0 radical (unpaired) electrons. The van der Waals surface area contributed by atoms with Crippen molar-refractivity contribution in [2.24, 2.45) is 5.92 Å². The number of halogens is 3. The van der Waals surface area contributed by atoms with Gasteiger partial charge in [0, 0.05) is 12.1 Å². The predicted molar refractivity (Wildman–Crippen MR) is 78.1 cm³/mol. The minimum absolute atomic E-state index is 0.120. The molecule has 1 saturated carbocycles. The molecule has 1 N–H and O–H groups in total. The summed E-state index contributed by atoms with van der Waals surface area (Å²) in [5.41, 5.74) is 1.02. The lowest BCUT2D eigenvalue weighted by Crippen LogP contribution is -2.26. The van der Waals surface area contributed by atoms with E-state index in [2.05, 4.69) is 19.4 Å². The third kappa shape index (κ3) is 4.32. The zero-order valence-electron chi connectivity index (χ0n) is 12.4. The van der Waals surface area contributed by atoms with Crippen LogP contribution < -0.4 is 4.72 Å². The second-order valence-corrected chi connectivity index (χ2v) is 7.52. The molecule has 1 aliphatic carbocycles. The Balaban J connectivity index is 1.64. The van der Waals surface area contributed by atoms with Gasteiger partial charge in [0.15, 0.2) is 0 Å². The molecule has 1 aromatic heterocycles. The summed E-state index contributed by atoms with van der Waals surface area (Å²) in [6.07, 6.45) is -2.80. The largest absolute Gasteiger partial charge is 0.471 e. The van der Waals surface area contributed by atoms with Crippen molar-refractivity contribution >= 4 is 10.0 Å². The Bertz CT molecular complexity index is 812. The lowest BCUT2D eigenvalue weighted by atomic mass is 10.1. The fourth-order valence-corrected chi connectivity index (χ4v) is 3.53. The van der Waals surface area contributed by atoms with Crippen molar-refractivity contribution in [3.8, 4) is 11.4 Å². The number of alkyl halides is 3. The highest BCUT2D eigenvalue weighted by Crippen LogP contribution is 2.30. The molecule has 130 valence electrons. The number of sulfonamides is 1. The number of hydrogen-bond donors (Lipinski definition) is 1. The van der Waals surface area contributed by atoms with Gasteiger partial charge >= 0.3 is 12.1 Å². The Morgan fingerprint density at radius 2 is 1.88 bits per heavy atom. The highest BCUT2D eigenvalue weighted by molar-refractivity contribution is 7.89. The van der Waals surface area contributed by atoms with Crippen molar-refractivity contribution in [1.82, 2.24) is 14.9 Å². The standard InChI is InChI=1S/C14H14F3N3O3S/c15-14(16,17)13-19-12(20-23-13)11-5-3-9(4-6-11)7-18-24(21,22)8-10-1-2-10/h3-6,10,18H,1-2,7-8H2. The van der Waals surface area contributed by atoms with Crippen LogP contribution in [0.2, 0.25) is 0 Å². The van der Waals surface area contributed by atoms with Gasteiger partial charge in [-0.2, -0.15) is 18.2 Å². The van der Waals surface area contributed by atoms with E-state index in [1.807, 2.05) is 0 Å². The Kier molecular flexibility index (Phi) is 4.35. The summed E-state index contributed by atoms with van der Waals surface area (Å²) in [7, 11) is -3.31. The maximum Gasteiger partial charge on any atom is 0.471 e. The smallest absolute Gasteiger partial charge is 0.329 e. The predicted octanol–water partition coefficient (Wildman–Crippen LogP) is 2.58. The molecule has 0 amide bonds. The van der Waals surface area contributed by atoms with Gasteiger partial charge in [-0.25, -0.2) is 13.1 Å².